The number of ether oxygens (including phenoxy) is 1. The molecule has 0 aromatic rings. The Morgan fingerprint density at radius 1 is 1.50 bits per heavy atom. The molecule has 16 heavy (non-hydrogen) atoms. The highest BCUT2D eigenvalue weighted by atomic mass is 32.2. The molecule has 0 radical (unpaired) electrons. The van der Waals surface area contributed by atoms with Gasteiger partial charge in [0, 0.05) is 13.6 Å². The number of hydrogen-bond acceptors (Lipinski definition) is 4. The van der Waals surface area contributed by atoms with E-state index in [9.17, 15) is 4.79 Å². The van der Waals surface area contributed by atoms with Gasteiger partial charge in [0.25, 0.3) is 0 Å². The van der Waals surface area contributed by atoms with Gasteiger partial charge in [-0.3, -0.25) is 4.79 Å². The van der Waals surface area contributed by atoms with E-state index in [0.29, 0.717) is 13.2 Å². The molecular weight excluding hydrogens is 224 g/mol. The molecule has 2 N–H and O–H groups in total. The molecule has 0 unspecified atom stereocenters. The Kier molecular flexibility index (Phi) is 8.70. The summed E-state index contributed by atoms with van der Waals surface area (Å²) in [4.78, 5) is 13.4. The molecule has 0 heterocycles. The maximum Gasteiger partial charge on any atom is 0.239 e. The summed E-state index contributed by atoms with van der Waals surface area (Å²) in [6.45, 7) is 5.12. The number of thioether (sulfide) groups is 1. The Morgan fingerprint density at radius 2 is 2.12 bits per heavy atom. The first-order valence-electron chi connectivity index (χ1n) is 5.60. The lowest BCUT2D eigenvalue weighted by Crippen LogP contribution is -2.43. The third-order valence-corrected chi connectivity index (χ3v) is 2.85. The van der Waals surface area contributed by atoms with E-state index in [0.717, 1.165) is 12.2 Å². The van der Waals surface area contributed by atoms with Gasteiger partial charge >= 0.3 is 0 Å². The van der Waals surface area contributed by atoms with Gasteiger partial charge in [0.05, 0.1) is 18.8 Å². The molecule has 0 aliphatic heterocycles. The van der Waals surface area contributed by atoms with Crippen LogP contribution in [-0.4, -0.2) is 55.2 Å². The normalized spacial score (nSPS) is 12.9. The number of nitrogens with two attached hydrogens (primary N) is 1. The van der Waals surface area contributed by atoms with E-state index in [-0.39, 0.29) is 18.1 Å². The Balaban J connectivity index is 3.79. The number of carbonyl (C=O) groups excluding carboxylic acids is 1. The minimum absolute atomic E-state index is 0.00130. The van der Waals surface area contributed by atoms with Crippen molar-refractivity contribution in [2.75, 3.05) is 32.2 Å². The summed E-state index contributed by atoms with van der Waals surface area (Å²) in [5.74, 6) is 0.921. The van der Waals surface area contributed by atoms with Gasteiger partial charge < -0.3 is 15.4 Å². The second-order valence-electron chi connectivity index (χ2n) is 4.07. The number of rotatable bonds is 8. The smallest absolute Gasteiger partial charge is 0.239 e. The van der Waals surface area contributed by atoms with Crippen LogP contribution in [0.5, 0.6) is 0 Å². The number of hydrogen-bond donors (Lipinski definition) is 1. The summed E-state index contributed by atoms with van der Waals surface area (Å²) < 4.78 is 5.38. The number of carbonyl (C=O) groups is 1. The van der Waals surface area contributed by atoms with Crippen molar-refractivity contribution in [1.82, 2.24) is 4.90 Å². The van der Waals surface area contributed by atoms with Gasteiger partial charge in [-0.2, -0.15) is 11.8 Å². The molecule has 0 aliphatic carbocycles. The van der Waals surface area contributed by atoms with Crippen molar-refractivity contribution >= 4 is 17.7 Å². The molecule has 0 spiro atoms. The highest BCUT2D eigenvalue weighted by Gasteiger charge is 2.17. The topological polar surface area (TPSA) is 55.6 Å². The zero-order valence-corrected chi connectivity index (χ0v) is 11.5. The monoisotopic (exact) mass is 248 g/mol. The Hall–Kier alpha value is -0.260. The molecule has 0 aromatic heterocycles. The maximum absolute atomic E-state index is 11.8. The molecule has 0 rings (SSSR count). The molecule has 1 amide bonds. The van der Waals surface area contributed by atoms with Gasteiger partial charge in [-0.05, 0) is 32.3 Å². The van der Waals surface area contributed by atoms with Crippen molar-refractivity contribution < 1.29 is 9.53 Å². The van der Waals surface area contributed by atoms with Crippen LogP contribution in [0.3, 0.4) is 0 Å². The highest BCUT2D eigenvalue weighted by Crippen LogP contribution is 2.01. The Morgan fingerprint density at radius 3 is 2.62 bits per heavy atom. The number of nitrogens with zero attached hydrogens (tertiary/aromatic N) is 1. The van der Waals surface area contributed by atoms with E-state index >= 15 is 0 Å². The van der Waals surface area contributed by atoms with Crippen LogP contribution >= 0.6 is 11.8 Å². The lowest BCUT2D eigenvalue weighted by Gasteiger charge is -2.21. The van der Waals surface area contributed by atoms with E-state index in [1.165, 1.54) is 0 Å². The van der Waals surface area contributed by atoms with Crippen molar-refractivity contribution in [3.8, 4) is 0 Å². The lowest BCUT2D eigenvalue weighted by atomic mass is 10.2. The van der Waals surface area contributed by atoms with Crippen molar-refractivity contribution in [2.45, 2.75) is 32.4 Å². The second kappa shape index (κ2) is 8.84. The van der Waals surface area contributed by atoms with Gasteiger partial charge in [0.1, 0.15) is 0 Å². The van der Waals surface area contributed by atoms with Crippen LogP contribution in [0, 0.1) is 0 Å². The fourth-order valence-electron chi connectivity index (χ4n) is 1.19. The quantitative estimate of drug-likeness (QED) is 0.695. The summed E-state index contributed by atoms with van der Waals surface area (Å²) in [5.41, 5.74) is 5.79. The van der Waals surface area contributed by atoms with Crippen molar-refractivity contribution in [1.29, 1.82) is 0 Å². The zero-order chi connectivity index (χ0) is 12.6. The predicted octanol–water partition coefficient (Wildman–Crippen LogP) is 0.950. The zero-order valence-electron chi connectivity index (χ0n) is 10.7. The van der Waals surface area contributed by atoms with E-state index in [1.807, 2.05) is 20.1 Å². The molecule has 4 nitrogen and oxygen atoms in total. The van der Waals surface area contributed by atoms with Gasteiger partial charge in [0.2, 0.25) is 5.91 Å². The van der Waals surface area contributed by atoms with Crippen molar-refractivity contribution in [2.24, 2.45) is 5.73 Å². The maximum atomic E-state index is 11.8. The third kappa shape index (κ3) is 7.09. The number of amides is 1. The molecule has 0 aromatic carbocycles. The minimum Gasteiger partial charge on any atom is -0.377 e. The summed E-state index contributed by atoms with van der Waals surface area (Å²) in [6, 6.07) is -0.378. The van der Waals surface area contributed by atoms with Crippen molar-refractivity contribution in [3.63, 3.8) is 0 Å². The molecule has 0 bridgehead atoms. The largest absolute Gasteiger partial charge is 0.377 e. The molecule has 1 atom stereocenters. The molecule has 5 heteroatoms. The van der Waals surface area contributed by atoms with E-state index < -0.39 is 0 Å². The van der Waals surface area contributed by atoms with Crippen LogP contribution in [0.1, 0.15) is 20.3 Å². The summed E-state index contributed by atoms with van der Waals surface area (Å²) in [5, 5.41) is 0. The highest BCUT2D eigenvalue weighted by molar-refractivity contribution is 7.98. The molecule has 0 aliphatic rings. The Labute approximate surface area is 103 Å². The van der Waals surface area contributed by atoms with E-state index in [4.69, 9.17) is 10.5 Å². The third-order valence-electron chi connectivity index (χ3n) is 2.20. The van der Waals surface area contributed by atoms with Gasteiger partial charge in [-0.15, -0.1) is 0 Å². The molecule has 0 saturated carbocycles. The molecule has 96 valence electrons. The Bertz CT molecular complexity index is 200. The summed E-state index contributed by atoms with van der Waals surface area (Å²) in [6.07, 6.45) is 2.95. The molecular formula is C11H24N2O2S. The lowest BCUT2D eigenvalue weighted by molar-refractivity contribution is -0.132. The fourth-order valence-corrected chi connectivity index (χ4v) is 1.68. The second-order valence-corrected chi connectivity index (χ2v) is 5.05. The van der Waals surface area contributed by atoms with Crippen LogP contribution in [-0.2, 0) is 9.53 Å². The minimum atomic E-state index is -0.378. The summed E-state index contributed by atoms with van der Waals surface area (Å²) in [7, 11) is 1.77. The first-order valence-corrected chi connectivity index (χ1v) is 6.99. The first kappa shape index (κ1) is 15.7. The predicted molar refractivity (Wildman–Crippen MR) is 69.7 cm³/mol. The summed E-state index contributed by atoms with van der Waals surface area (Å²) >= 11 is 1.71. The fraction of sp³-hybridized carbons (Fsp3) is 0.909. The van der Waals surface area contributed by atoms with Crippen LogP contribution in [0.4, 0.5) is 0 Å². The van der Waals surface area contributed by atoms with E-state index in [1.54, 1.807) is 23.7 Å². The van der Waals surface area contributed by atoms with Gasteiger partial charge in [0.15, 0.2) is 0 Å². The number of likely N-dealkylation sites (N-methyl/N-ethyl adjacent to an activating group) is 1. The average molecular weight is 248 g/mol. The first-order chi connectivity index (χ1) is 7.49. The average Bonchev–Trinajstić information content (AvgIpc) is 2.24. The van der Waals surface area contributed by atoms with Gasteiger partial charge in [-0.1, -0.05) is 0 Å². The van der Waals surface area contributed by atoms with E-state index in [2.05, 4.69) is 0 Å². The van der Waals surface area contributed by atoms with Crippen LogP contribution in [0.2, 0.25) is 0 Å². The van der Waals surface area contributed by atoms with Crippen LogP contribution in [0.15, 0.2) is 0 Å². The standard InChI is InChI=1S/C11H24N2O2S/c1-9(2)15-7-6-13(3)11(14)10(12)5-8-16-4/h9-10H,5-8,12H2,1-4H3/t10-/m0/s1. The molecule has 0 saturated heterocycles. The van der Waals surface area contributed by atoms with Gasteiger partial charge in [-0.25, -0.2) is 0 Å². The molecule has 0 fully saturated rings. The van der Waals surface area contributed by atoms with Crippen LogP contribution in [0.25, 0.3) is 0 Å². The SMILES string of the molecule is CSCC[C@H](N)C(=O)N(C)CCOC(C)C. The van der Waals surface area contributed by atoms with Crippen molar-refractivity contribution in [3.05, 3.63) is 0 Å². The van der Waals surface area contributed by atoms with Crippen LogP contribution < -0.4 is 5.73 Å².